The Balaban J connectivity index is -0.00000130. The quantitative estimate of drug-likeness (QED) is 0.0239. The van der Waals surface area contributed by atoms with Crippen LogP contribution in [0, 0.1) is 0 Å². The summed E-state index contributed by atoms with van der Waals surface area (Å²) in [6.07, 6.45) is 56.6. The zero-order valence-electron chi connectivity index (χ0n) is 43.0. The predicted molar refractivity (Wildman–Crippen MR) is 284 cm³/mol. The Labute approximate surface area is 402 Å². The van der Waals surface area contributed by atoms with Gasteiger partial charge < -0.3 is 40.2 Å². The molecule has 0 aromatic carbocycles. The van der Waals surface area contributed by atoms with Gasteiger partial charge in [-0.1, -0.05) is 178 Å². The lowest BCUT2D eigenvalue weighted by Gasteiger charge is -2.26. The van der Waals surface area contributed by atoms with Crippen molar-refractivity contribution in [2.75, 3.05) is 40.4 Å². The molecule has 0 amide bonds. The number of rotatable bonds is 41. The number of carbonyl (C=O) groups excluding carboxylic acids is 2. The van der Waals surface area contributed by atoms with Gasteiger partial charge in [0.1, 0.15) is 11.9 Å². The molecule has 1 fully saturated rings. The van der Waals surface area contributed by atoms with Gasteiger partial charge in [-0.3, -0.25) is 0 Å². The van der Waals surface area contributed by atoms with Crippen LogP contribution < -0.4 is 16.4 Å². The van der Waals surface area contributed by atoms with Crippen molar-refractivity contribution in [1.29, 1.82) is 0 Å². The summed E-state index contributed by atoms with van der Waals surface area (Å²) in [6, 6.07) is 0. The van der Waals surface area contributed by atoms with Crippen molar-refractivity contribution in [2.45, 2.75) is 245 Å². The molecular weight excluding hydrogens is 815 g/mol. The van der Waals surface area contributed by atoms with Gasteiger partial charge in [-0.2, -0.15) is 0 Å². The first-order valence-corrected chi connectivity index (χ1v) is 26.6. The van der Waals surface area contributed by atoms with E-state index in [0.29, 0.717) is 13.0 Å². The van der Waals surface area contributed by atoms with Gasteiger partial charge in [-0.15, -0.1) is 0 Å². The van der Waals surface area contributed by atoms with Crippen LogP contribution in [0.5, 0.6) is 0 Å². The number of unbranched alkanes of at least 4 members (excludes halogenated alkanes) is 20. The number of nitrogens with one attached hydrogen (secondary N) is 2. The Hall–Kier alpha value is -2.01. The van der Waals surface area contributed by atoms with Crippen molar-refractivity contribution in [2.24, 2.45) is 5.73 Å². The summed E-state index contributed by atoms with van der Waals surface area (Å²) < 4.78 is 16.8. The Morgan fingerprint density at radius 1 is 0.625 bits per heavy atom. The van der Waals surface area contributed by atoms with Crippen molar-refractivity contribution in [3.63, 3.8) is 0 Å². The van der Waals surface area contributed by atoms with Gasteiger partial charge >= 0.3 is 0 Å². The van der Waals surface area contributed by atoms with E-state index < -0.39 is 11.4 Å². The molecule has 0 bridgehead atoms. The fourth-order valence-electron chi connectivity index (χ4n) is 7.11. The lowest BCUT2D eigenvalue weighted by molar-refractivity contribution is -0.137. The average Bonchev–Trinajstić information content (AvgIpc) is 3.65. The highest BCUT2D eigenvalue weighted by atomic mass is 32.1. The van der Waals surface area contributed by atoms with Gasteiger partial charge in [0.05, 0.1) is 18.2 Å². The number of ether oxygens (including phenoxy) is 3. The minimum absolute atomic E-state index is 0.140. The molecule has 1 heterocycles. The van der Waals surface area contributed by atoms with Crippen molar-refractivity contribution in [3.05, 3.63) is 48.6 Å². The molecule has 1 unspecified atom stereocenters. The number of nitrogens with two attached hydrogens (primary N) is 1. The molecule has 1 saturated heterocycles. The SMILES string of the molecule is CC1(C)OCC(CNCCCC=O)O1.CCCCC/C=C\C/C=C\CCCCCCCCC(C=O)(CCCCCCCC/C=C\C/C=C\CCCCC)OC.CCCCNC.NC=S. The van der Waals surface area contributed by atoms with Crippen LogP contribution in [0.15, 0.2) is 48.6 Å². The van der Waals surface area contributed by atoms with Crippen LogP contribution in [0.1, 0.15) is 227 Å². The summed E-state index contributed by atoms with van der Waals surface area (Å²) in [4.78, 5) is 21.9. The second-order valence-corrected chi connectivity index (χ2v) is 17.9. The lowest BCUT2D eigenvalue weighted by Crippen LogP contribution is -2.33. The molecule has 1 aliphatic heterocycles. The zero-order valence-corrected chi connectivity index (χ0v) is 43.8. The van der Waals surface area contributed by atoms with Crippen LogP contribution in [0.4, 0.5) is 0 Å². The maximum absolute atomic E-state index is 11.9. The smallest absolute Gasteiger partial charge is 0.163 e. The van der Waals surface area contributed by atoms with E-state index in [1.807, 2.05) is 20.9 Å². The topological polar surface area (TPSA) is 112 Å². The maximum Gasteiger partial charge on any atom is 0.163 e. The molecule has 0 aromatic heterocycles. The number of allylic oxidation sites excluding steroid dienone is 8. The molecular formula is C55H105N3O5S. The number of carbonyl (C=O) groups is 2. The maximum atomic E-state index is 11.9. The third-order valence-electron chi connectivity index (χ3n) is 11.1. The molecule has 0 radical (unpaired) electrons. The molecule has 376 valence electrons. The molecule has 0 aliphatic carbocycles. The highest BCUT2D eigenvalue weighted by Gasteiger charge is 2.32. The third-order valence-corrected chi connectivity index (χ3v) is 11.1. The van der Waals surface area contributed by atoms with E-state index in [1.165, 1.54) is 141 Å². The van der Waals surface area contributed by atoms with E-state index in [-0.39, 0.29) is 6.10 Å². The standard InChI is InChI=1S/C39H70O2.C10H19NO3.C5H13N.CH3NS/c1-4-6-8-10-12-14-16-18-20-22-24-26-28-30-32-34-36-39(38-40,41-3)37-35-33-31-29-27-25-23-21-19-17-15-13-11-9-7-5-2;1-10(2)13-8-9(14-10)7-11-5-3-4-6-12;1-3-4-5-6-2;2-1-3/h12-15,18-21,38H,4-11,16-17,22-37H2,1-3H3;6,9,11H,3-5,7-8H2,1-2H3;6H,3-5H2,1-2H3;1H,(H2,2,3)/b14-12-,15-13-,20-18-,21-19-;;;. The lowest BCUT2D eigenvalue weighted by atomic mass is 9.90. The molecule has 0 saturated carbocycles. The largest absolute Gasteiger partial charge is 0.396 e. The summed E-state index contributed by atoms with van der Waals surface area (Å²) >= 11 is 4.05. The fraction of sp³-hybridized carbons (Fsp3) is 0.800. The number of aldehydes is 2. The number of hydrogen-bond acceptors (Lipinski definition) is 8. The fourth-order valence-corrected chi connectivity index (χ4v) is 7.11. The third kappa shape index (κ3) is 52.6. The molecule has 64 heavy (non-hydrogen) atoms. The molecule has 9 heteroatoms. The summed E-state index contributed by atoms with van der Waals surface area (Å²) in [7, 11) is 3.70. The summed E-state index contributed by atoms with van der Waals surface area (Å²) in [5, 5.41) is 6.30. The van der Waals surface area contributed by atoms with Crippen LogP contribution >= 0.6 is 12.2 Å². The number of methoxy groups -OCH3 is 1. The molecule has 0 spiro atoms. The molecule has 1 aliphatic rings. The van der Waals surface area contributed by atoms with Gasteiger partial charge in [-0.25, -0.2) is 0 Å². The molecule has 8 nitrogen and oxygen atoms in total. The first-order chi connectivity index (χ1) is 31.2. The van der Waals surface area contributed by atoms with Crippen molar-refractivity contribution in [1.82, 2.24) is 10.6 Å². The molecule has 1 atom stereocenters. The second-order valence-electron chi connectivity index (χ2n) is 17.6. The van der Waals surface area contributed by atoms with Gasteiger partial charge in [-0.05, 0) is 124 Å². The Morgan fingerprint density at radius 3 is 1.39 bits per heavy atom. The van der Waals surface area contributed by atoms with Crippen LogP contribution in [-0.4, -0.2) is 76.0 Å². The predicted octanol–water partition coefficient (Wildman–Crippen LogP) is 14.6. The normalized spacial score (nSPS) is 14.6. The Kier molecular flexibility index (Phi) is 57.3. The minimum atomic E-state index is -0.551. The second kappa shape index (κ2) is 55.3. The van der Waals surface area contributed by atoms with Crippen LogP contribution in [0.3, 0.4) is 0 Å². The summed E-state index contributed by atoms with van der Waals surface area (Å²) in [5.74, 6) is -0.435. The zero-order chi connectivity index (χ0) is 47.9. The molecule has 0 aromatic rings. The number of thiocarbonyl (C=S) groups is 1. The van der Waals surface area contributed by atoms with E-state index in [9.17, 15) is 9.59 Å². The van der Waals surface area contributed by atoms with Gasteiger partial charge in [0.25, 0.3) is 0 Å². The van der Waals surface area contributed by atoms with Crippen molar-refractivity contribution in [3.8, 4) is 0 Å². The number of hydrogen-bond donors (Lipinski definition) is 3. The monoisotopic (exact) mass is 920 g/mol. The van der Waals surface area contributed by atoms with E-state index in [0.717, 1.165) is 82.6 Å². The van der Waals surface area contributed by atoms with Crippen LogP contribution in [-0.2, 0) is 23.8 Å². The van der Waals surface area contributed by atoms with E-state index >= 15 is 0 Å². The van der Waals surface area contributed by atoms with Gasteiger partial charge in [0.15, 0.2) is 12.1 Å². The van der Waals surface area contributed by atoms with Crippen molar-refractivity contribution >= 4 is 30.3 Å². The average molecular weight is 921 g/mol. The van der Waals surface area contributed by atoms with E-state index in [4.69, 9.17) is 14.2 Å². The highest BCUT2D eigenvalue weighted by Crippen LogP contribution is 2.25. The van der Waals surface area contributed by atoms with Gasteiger partial charge in [0.2, 0.25) is 0 Å². The Bertz CT molecular complexity index is 1030. The summed E-state index contributed by atoms with van der Waals surface area (Å²) in [6.45, 7) is 14.0. The highest BCUT2D eigenvalue weighted by molar-refractivity contribution is 7.78. The van der Waals surface area contributed by atoms with Gasteiger partial charge in [0, 0.05) is 20.1 Å². The molecule has 4 N–H and O–H groups in total. The van der Waals surface area contributed by atoms with E-state index in [1.54, 1.807) is 7.11 Å². The summed E-state index contributed by atoms with van der Waals surface area (Å²) in [5.41, 5.74) is 5.07. The van der Waals surface area contributed by atoms with Crippen molar-refractivity contribution < 1.29 is 23.8 Å². The van der Waals surface area contributed by atoms with Crippen LogP contribution in [0.2, 0.25) is 0 Å². The minimum Gasteiger partial charge on any atom is -0.396 e. The van der Waals surface area contributed by atoms with E-state index in [2.05, 4.69) is 98.0 Å². The molecule has 1 rings (SSSR count). The first-order valence-electron chi connectivity index (χ1n) is 26.1. The Morgan fingerprint density at radius 2 is 1.05 bits per heavy atom. The van der Waals surface area contributed by atoms with Crippen LogP contribution in [0.25, 0.3) is 0 Å². The first kappa shape index (κ1) is 66.3.